The quantitative estimate of drug-likeness (QED) is 0.504. The molecule has 0 bridgehead atoms. The highest BCUT2D eigenvalue weighted by Crippen LogP contribution is 1.63. The Hall–Kier alpha value is -1.05. The molecule has 0 aliphatic carbocycles. The van der Waals surface area contributed by atoms with Gasteiger partial charge in [-0.05, 0) is 12.3 Å². The Balaban J connectivity index is 3.27. The third-order valence-electron chi connectivity index (χ3n) is 0.389. The first-order valence-electron chi connectivity index (χ1n) is 1.92. The number of hydrogen-bond donors (Lipinski definition) is 1. The van der Waals surface area contributed by atoms with Gasteiger partial charge in [0.05, 0.1) is 0 Å². The molecule has 0 aliphatic rings. The van der Waals surface area contributed by atoms with Crippen molar-refractivity contribution in [3.05, 3.63) is 25.1 Å². The minimum Gasteiger partial charge on any atom is -0.405 e. The van der Waals surface area contributed by atoms with Gasteiger partial charge >= 0.3 is 0 Å². The lowest BCUT2D eigenvalue weighted by Gasteiger charge is -1.66. The lowest BCUT2D eigenvalue weighted by molar-refractivity contribution is 1.59. The molecule has 0 aromatic carbocycles. The molecule has 7 heavy (non-hydrogen) atoms. The number of nitrogens with zero attached hydrogens (tertiary/aromatic N) is 1. The third-order valence-corrected chi connectivity index (χ3v) is 0.389. The first kappa shape index (κ1) is 5.95. The smallest absolute Gasteiger partial charge is 0.0281 e. The maximum absolute atomic E-state index is 4.96. The van der Waals surface area contributed by atoms with Crippen LogP contribution in [0, 0.1) is 0 Å². The zero-order valence-corrected chi connectivity index (χ0v) is 4.04. The Morgan fingerprint density at radius 1 is 1.57 bits per heavy atom. The van der Waals surface area contributed by atoms with Gasteiger partial charge in [0, 0.05) is 12.4 Å². The Bertz CT molecular complexity index is 92.3. The fourth-order valence-electron chi connectivity index (χ4n) is 0.160. The molecule has 0 amide bonds. The van der Waals surface area contributed by atoms with Crippen molar-refractivity contribution in [1.29, 1.82) is 0 Å². The minimum atomic E-state index is 1.41. The van der Waals surface area contributed by atoms with Gasteiger partial charge in [-0.15, -0.1) is 0 Å². The Labute approximate surface area is 43.1 Å². The van der Waals surface area contributed by atoms with Crippen molar-refractivity contribution in [2.24, 2.45) is 10.7 Å². The molecule has 0 heterocycles. The number of aliphatic imine (C=N–C) groups is 1. The van der Waals surface area contributed by atoms with E-state index in [0.717, 1.165) is 0 Å². The molecule has 2 heteroatoms. The summed E-state index contributed by atoms with van der Waals surface area (Å²) in [5.41, 5.74) is 4.96. The van der Waals surface area contributed by atoms with Crippen molar-refractivity contribution in [3.63, 3.8) is 0 Å². The molecule has 2 nitrogen and oxygen atoms in total. The molecule has 0 fully saturated rings. The van der Waals surface area contributed by atoms with Crippen molar-refractivity contribution in [3.8, 4) is 0 Å². The first-order chi connectivity index (χ1) is 3.41. The lowest BCUT2D eigenvalue weighted by Crippen LogP contribution is -1.74. The van der Waals surface area contributed by atoms with Gasteiger partial charge in [0.15, 0.2) is 0 Å². The normalized spacial score (nSPS) is 10.9. The van der Waals surface area contributed by atoms with Gasteiger partial charge in [-0.2, -0.15) is 0 Å². The van der Waals surface area contributed by atoms with Crippen molar-refractivity contribution >= 4 is 6.21 Å². The topological polar surface area (TPSA) is 38.4 Å². The average Bonchev–Trinajstić information content (AvgIpc) is 1.69. The third kappa shape index (κ3) is 4.95. The van der Waals surface area contributed by atoms with Crippen molar-refractivity contribution in [2.75, 3.05) is 0 Å². The monoisotopic (exact) mass is 96.1 g/mol. The summed E-state index contributed by atoms with van der Waals surface area (Å²) in [7, 11) is 0. The molecule has 0 rings (SSSR count). The van der Waals surface area contributed by atoms with E-state index in [0.29, 0.717) is 0 Å². The largest absolute Gasteiger partial charge is 0.405 e. The van der Waals surface area contributed by atoms with Gasteiger partial charge in [0.1, 0.15) is 0 Å². The van der Waals surface area contributed by atoms with Crippen LogP contribution in [-0.4, -0.2) is 6.21 Å². The predicted octanol–water partition coefficient (Wildman–Crippen LogP) is 0.673. The molecule has 0 saturated carbocycles. The summed E-state index contributed by atoms with van der Waals surface area (Å²) < 4.78 is 0. The molecule has 38 valence electrons. The number of nitrogens with two attached hydrogens (primary N) is 1. The van der Waals surface area contributed by atoms with E-state index in [9.17, 15) is 0 Å². The van der Waals surface area contributed by atoms with Gasteiger partial charge in [-0.25, -0.2) is 0 Å². The fraction of sp³-hybridized carbons (Fsp3) is 0. The second-order valence-electron chi connectivity index (χ2n) is 0.866. The summed E-state index contributed by atoms with van der Waals surface area (Å²) in [6.45, 7) is 3.36. The minimum absolute atomic E-state index is 1.41. The standard InChI is InChI=1S/C5H8N2/c1-2-7-5-3-4-6/h2-5H,1,6H2/b4-3-,7-5-. The van der Waals surface area contributed by atoms with Crippen molar-refractivity contribution in [2.45, 2.75) is 0 Å². The summed E-state index contributed by atoms with van der Waals surface area (Å²) >= 11 is 0. The zero-order valence-electron chi connectivity index (χ0n) is 4.04. The molecule has 0 saturated heterocycles. The van der Waals surface area contributed by atoms with E-state index in [2.05, 4.69) is 11.6 Å². The highest BCUT2D eigenvalue weighted by Gasteiger charge is 1.52. The zero-order chi connectivity index (χ0) is 5.54. The molecule has 0 aromatic rings. The van der Waals surface area contributed by atoms with Gasteiger partial charge < -0.3 is 5.73 Å². The van der Waals surface area contributed by atoms with Crippen LogP contribution in [0.15, 0.2) is 30.0 Å². The summed E-state index contributed by atoms with van der Waals surface area (Å²) in [4.78, 5) is 3.63. The van der Waals surface area contributed by atoms with E-state index < -0.39 is 0 Å². The SMILES string of the molecule is C=C/N=C\C=C/N. The van der Waals surface area contributed by atoms with Crippen LogP contribution in [-0.2, 0) is 0 Å². The first-order valence-corrected chi connectivity index (χ1v) is 1.92. The van der Waals surface area contributed by atoms with Crippen LogP contribution in [0.25, 0.3) is 0 Å². The maximum Gasteiger partial charge on any atom is 0.0281 e. The van der Waals surface area contributed by atoms with Gasteiger partial charge in [0.25, 0.3) is 0 Å². The van der Waals surface area contributed by atoms with Crippen LogP contribution < -0.4 is 5.73 Å². The Kier molecular flexibility index (Phi) is 4.21. The Morgan fingerprint density at radius 3 is 2.71 bits per heavy atom. The van der Waals surface area contributed by atoms with E-state index >= 15 is 0 Å². The van der Waals surface area contributed by atoms with E-state index in [1.165, 1.54) is 12.4 Å². The molecular formula is C5H8N2. The van der Waals surface area contributed by atoms with Crippen LogP contribution in [0.4, 0.5) is 0 Å². The molecule has 2 N–H and O–H groups in total. The molecule has 0 unspecified atom stereocenters. The van der Waals surface area contributed by atoms with E-state index in [1.54, 1.807) is 12.3 Å². The second kappa shape index (κ2) is 4.95. The highest BCUT2D eigenvalue weighted by molar-refractivity contribution is 5.71. The van der Waals surface area contributed by atoms with Crippen LogP contribution in [0.2, 0.25) is 0 Å². The summed E-state index contributed by atoms with van der Waals surface area (Å²) in [6, 6.07) is 0. The molecular weight excluding hydrogens is 88.1 g/mol. The van der Waals surface area contributed by atoms with E-state index in [4.69, 9.17) is 5.73 Å². The fourth-order valence-corrected chi connectivity index (χ4v) is 0.160. The highest BCUT2D eigenvalue weighted by atomic mass is 14.6. The molecule has 0 aromatic heterocycles. The summed E-state index contributed by atoms with van der Waals surface area (Å²) in [5.74, 6) is 0. The lowest BCUT2D eigenvalue weighted by atomic mass is 10.7. The Morgan fingerprint density at radius 2 is 2.29 bits per heavy atom. The molecule has 0 aliphatic heterocycles. The molecule has 0 spiro atoms. The molecule has 0 radical (unpaired) electrons. The predicted molar refractivity (Wildman–Crippen MR) is 32.0 cm³/mol. The van der Waals surface area contributed by atoms with Crippen LogP contribution in [0.3, 0.4) is 0 Å². The van der Waals surface area contributed by atoms with Crippen LogP contribution >= 0.6 is 0 Å². The van der Waals surface area contributed by atoms with E-state index in [-0.39, 0.29) is 0 Å². The van der Waals surface area contributed by atoms with E-state index in [1.807, 2.05) is 0 Å². The number of rotatable bonds is 2. The second-order valence-corrected chi connectivity index (χ2v) is 0.866. The maximum atomic E-state index is 4.96. The van der Waals surface area contributed by atoms with Crippen LogP contribution in [0.1, 0.15) is 0 Å². The van der Waals surface area contributed by atoms with Gasteiger partial charge in [-0.1, -0.05) is 6.58 Å². The molecule has 0 atom stereocenters. The van der Waals surface area contributed by atoms with Crippen molar-refractivity contribution in [1.82, 2.24) is 0 Å². The van der Waals surface area contributed by atoms with Crippen molar-refractivity contribution < 1.29 is 0 Å². The average molecular weight is 96.1 g/mol. The summed E-state index contributed by atoms with van der Waals surface area (Å²) in [6.07, 6.45) is 6.04. The van der Waals surface area contributed by atoms with Crippen LogP contribution in [0.5, 0.6) is 0 Å². The van der Waals surface area contributed by atoms with Gasteiger partial charge in [-0.3, -0.25) is 4.99 Å². The summed E-state index contributed by atoms with van der Waals surface area (Å²) in [5, 5.41) is 0. The van der Waals surface area contributed by atoms with Gasteiger partial charge in [0.2, 0.25) is 0 Å². The number of hydrogen-bond acceptors (Lipinski definition) is 2. The number of allylic oxidation sites excluding steroid dienone is 1.